The lowest BCUT2D eigenvalue weighted by Crippen LogP contribution is -2.62. The summed E-state index contributed by atoms with van der Waals surface area (Å²) in [6.07, 6.45) is 41.1. The number of hydrogen-bond acceptors (Lipinski definition) is 7. The van der Waals surface area contributed by atoms with Crippen LogP contribution in [0.4, 0.5) is 10.5 Å². The van der Waals surface area contributed by atoms with E-state index in [9.17, 15) is 19.2 Å². The summed E-state index contributed by atoms with van der Waals surface area (Å²) in [7, 11) is 3.54. The van der Waals surface area contributed by atoms with Crippen molar-refractivity contribution in [2.45, 2.75) is 219 Å². The van der Waals surface area contributed by atoms with Crippen molar-refractivity contribution in [3.8, 4) is 5.75 Å². The molecular formula is C51H89N3O6. The van der Waals surface area contributed by atoms with E-state index in [0.29, 0.717) is 18.0 Å². The average Bonchev–Trinajstić information content (AvgIpc) is 3.23. The van der Waals surface area contributed by atoms with Crippen molar-refractivity contribution in [2.75, 3.05) is 45.3 Å². The number of rotatable bonds is 40. The number of imide groups is 2. The Bertz CT molecular complexity index is 1270. The predicted molar refractivity (Wildman–Crippen MR) is 249 cm³/mol. The second kappa shape index (κ2) is 35.6. The van der Waals surface area contributed by atoms with Crippen LogP contribution in [0.15, 0.2) is 24.3 Å². The molecule has 4 amide bonds. The zero-order chi connectivity index (χ0) is 43.5. The number of carbonyl (C=O) groups is 4. The van der Waals surface area contributed by atoms with Gasteiger partial charge in [0.15, 0.2) is 0 Å². The molecule has 1 atom stereocenters. The fourth-order valence-corrected chi connectivity index (χ4v) is 8.23. The molecule has 60 heavy (non-hydrogen) atoms. The van der Waals surface area contributed by atoms with Crippen LogP contribution in [0.1, 0.15) is 219 Å². The Hall–Kier alpha value is -2.94. The lowest BCUT2D eigenvalue weighted by molar-refractivity contribution is -0.151. The molecule has 1 heterocycles. The number of urea groups is 1. The van der Waals surface area contributed by atoms with Crippen LogP contribution >= 0.6 is 0 Å². The van der Waals surface area contributed by atoms with Crippen molar-refractivity contribution in [1.82, 2.24) is 9.80 Å². The minimum Gasteiger partial charge on any atom is -0.494 e. The number of ether oxygens (including phenoxy) is 2. The third kappa shape index (κ3) is 24.5. The molecule has 0 saturated carbocycles. The minimum absolute atomic E-state index is 0.113. The molecule has 0 aliphatic carbocycles. The molecule has 0 aromatic heterocycles. The van der Waals surface area contributed by atoms with Gasteiger partial charge in [-0.25, -0.2) is 9.69 Å². The quantitative estimate of drug-likeness (QED) is 0.0369. The van der Waals surface area contributed by atoms with Crippen LogP contribution < -0.4 is 9.64 Å². The molecular weight excluding hydrogens is 751 g/mol. The number of nitrogens with zero attached hydrogens (tertiary/aromatic N) is 3. The smallest absolute Gasteiger partial charge is 0.338 e. The van der Waals surface area contributed by atoms with E-state index in [0.717, 1.165) is 41.9 Å². The van der Waals surface area contributed by atoms with Gasteiger partial charge in [-0.3, -0.25) is 19.3 Å². The highest BCUT2D eigenvalue weighted by molar-refractivity contribution is 6.28. The molecule has 1 saturated heterocycles. The van der Waals surface area contributed by atoms with E-state index in [1.165, 1.54) is 173 Å². The molecule has 0 bridgehead atoms. The highest BCUT2D eigenvalue weighted by Crippen LogP contribution is 2.29. The van der Waals surface area contributed by atoms with Gasteiger partial charge in [0.1, 0.15) is 18.2 Å². The Labute approximate surface area is 367 Å². The first-order valence-corrected chi connectivity index (χ1v) is 25.0. The highest BCUT2D eigenvalue weighted by atomic mass is 16.5. The molecule has 0 radical (unpaired) electrons. The van der Waals surface area contributed by atoms with E-state index >= 15 is 0 Å². The molecule has 1 unspecified atom stereocenters. The van der Waals surface area contributed by atoms with Gasteiger partial charge in [-0.15, -0.1) is 0 Å². The second-order valence-corrected chi connectivity index (χ2v) is 17.9. The molecule has 1 aromatic rings. The molecule has 2 rings (SSSR count). The largest absolute Gasteiger partial charge is 0.494 e. The van der Waals surface area contributed by atoms with E-state index in [1.54, 1.807) is 37.2 Å². The summed E-state index contributed by atoms with van der Waals surface area (Å²) in [5.74, 6) is -2.50. The van der Waals surface area contributed by atoms with Crippen LogP contribution in [0.3, 0.4) is 0 Å². The molecule has 0 N–H and O–H groups in total. The third-order valence-corrected chi connectivity index (χ3v) is 11.9. The lowest BCUT2D eigenvalue weighted by atomic mass is 10.0. The topological polar surface area (TPSA) is 96.5 Å². The van der Waals surface area contributed by atoms with Crippen LogP contribution in [0.2, 0.25) is 0 Å². The zero-order valence-electron chi connectivity index (χ0n) is 39.1. The average molecular weight is 840 g/mol. The van der Waals surface area contributed by atoms with Crippen LogP contribution in [-0.2, 0) is 19.1 Å². The lowest BCUT2D eigenvalue weighted by Gasteiger charge is -2.37. The van der Waals surface area contributed by atoms with Crippen molar-refractivity contribution in [3.63, 3.8) is 0 Å². The van der Waals surface area contributed by atoms with E-state index in [1.807, 2.05) is 6.07 Å². The summed E-state index contributed by atoms with van der Waals surface area (Å²) in [6, 6.07) is 6.04. The molecule has 9 nitrogen and oxygen atoms in total. The summed E-state index contributed by atoms with van der Waals surface area (Å²) in [5.41, 5.74) is 0.317. The van der Waals surface area contributed by atoms with E-state index in [-0.39, 0.29) is 13.2 Å². The van der Waals surface area contributed by atoms with Crippen LogP contribution in [0.25, 0.3) is 0 Å². The molecule has 344 valence electrons. The van der Waals surface area contributed by atoms with Gasteiger partial charge in [-0.05, 0) is 39.1 Å². The van der Waals surface area contributed by atoms with Gasteiger partial charge >= 0.3 is 12.0 Å². The Balaban J connectivity index is 1.67. The number of amides is 4. The molecule has 1 aliphatic rings. The van der Waals surface area contributed by atoms with Crippen molar-refractivity contribution in [3.05, 3.63) is 24.3 Å². The van der Waals surface area contributed by atoms with E-state index in [4.69, 9.17) is 9.47 Å². The summed E-state index contributed by atoms with van der Waals surface area (Å²) >= 11 is 0. The fourth-order valence-electron chi connectivity index (χ4n) is 8.23. The number of esters is 1. The van der Waals surface area contributed by atoms with E-state index < -0.39 is 36.3 Å². The standard InChI is InChI=1S/C51H89N3O6/c1-5-7-9-11-13-15-17-19-21-23-25-27-29-31-33-35-40-59-46-39-37-38-45(42-46)54-50(57)47(43-52(3)4)49(56)53(51(54)58)44-48(55)60-41-36-34-32-30-28-26-24-22-20-18-16-14-12-10-8-6-2/h37-39,42,47H,5-36,40-41,43-44H2,1-4H3. The normalized spacial score (nSPS) is 14.5. The zero-order valence-corrected chi connectivity index (χ0v) is 39.1. The first kappa shape index (κ1) is 53.2. The minimum atomic E-state index is -1.12. The van der Waals surface area contributed by atoms with Crippen molar-refractivity contribution >= 4 is 29.5 Å². The van der Waals surface area contributed by atoms with Gasteiger partial charge in [0, 0.05) is 12.6 Å². The van der Waals surface area contributed by atoms with Crippen LogP contribution in [0.5, 0.6) is 5.75 Å². The van der Waals surface area contributed by atoms with Crippen molar-refractivity contribution < 1.29 is 28.7 Å². The van der Waals surface area contributed by atoms with Gasteiger partial charge in [0.05, 0.1) is 18.9 Å². The third-order valence-electron chi connectivity index (χ3n) is 11.9. The van der Waals surface area contributed by atoms with Crippen molar-refractivity contribution in [2.24, 2.45) is 5.92 Å². The SMILES string of the molecule is CCCCCCCCCCCCCCCCCCOC(=O)CN1C(=O)C(CN(C)C)C(=O)N(c2cccc(OCCCCCCCCCCCCCCCCCC)c2)C1=O. The maximum Gasteiger partial charge on any atom is 0.338 e. The number of benzene rings is 1. The number of unbranched alkanes of at least 4 members (excludes halogenated alkanes) is 30. The summed E-state index contributed by atoms with van der Waals surface area (Å²) < 4.78 is 11.5. The van der Waals surface area contributed by atoms with E-state index in [2.05, 4.69) is 13.8 Å². The van der Waals surface area contributed by atoms with Gasteiger partial charge in [-0.2, -0.15) is 0 Å². The van der Waals surface area contributed by atoms with Gasteiger partial charge in [-0.1, -0.05) is 213 Å². The predicted octanol–water partition coefficient (Wildman–Crippen LogP) is 13.6. The van der Waals surface area contributed by atoms with Crippen molar-refractivity contribution in [1.29, 1.82) is 0 Å². The first-order valence-electron chi connectivity index (χ1n) is 25.0. The number of barbiturate groups is 1. The summed E-state index contributed by atoms with van der Waals surface area (Å²) in [6.45, 7) is 4.91. The monoisotopic (exact) mass is 840 g/mol. The molecule has 9 heteroatoms. The Morgan fingerprint density at radius 3 is 1.37 bits per heavy atom. The van der Waals surface area contributed by atoms with Crippen LogP contribution in [0, 0.1) is 5.92 Å². The number of anilines is 1. The van der Waals surface area contributed by atoms with Gasteiger partial charge in [0.2, 0.25) is 11.8 Å². The second-order valence-electron chi connectivity index (χ2n) is 17.9. The summed E-state index contributed by atoms with van der Waals surface area (Å²) in [5, 5.41) is 0. The Morgan fingerprint density at radius 2 is 0.950 bits per heavy atom. The van der Waals surface area contributed by atoms with Crippen LogP contribution in [-0.4, -0.2) is 74.0 Å². The fraction of sp³-hybridized carbons (Fsp3) is 0.804. The highest BCUT2D eigenvalue weighted by Gasteiger charge is 2.47. The van der Waals surface area contributed by atoms with Gasteiger partial charge < -0.3 is 14.4 Å². The summed E-state index contributed by atoms with van der Waals surface area (Å²) in [4.78, 5) is 57.4. The maximum atomic E-state index is 13.7. The molecule has 1 aliphatic heterocycles. The molecule has 1 fully saturated rings. The molecule has 1 aromatic carbocycles. The first-order chi connectivity index (χ1) is 29.3. The number of hydrogen-bond donors (Lipinski definition) is 0. The van der Waals surface area contributed by atoms with Gasteiger partial charge in [0.25, 0.3) is 0 Å². The maximum absolute atomic E-state index is 13.7. The number of carbonyl (C=O) groups excluding carboxylic acids is 4. The Kier molecular flexibility index (Phi) is 31.6. The molecule has 0 spiro atoms. The Morgan fingerprint density at radius 1 is 0.550 bits per heavy atom.